The number of aromatic amines is 1. The van der Waals surface area contributed by atoms with Crippen LogP contribution in [0.15, 0.2) is 12.1 Å². The third kappa shape index (κ3) is 3.05. The Hall–Kier alpha value is -2.12. The Morgan fingerprint density at radius 3 is 2.36 bits per heavy atom. The molecular formula is C13H11Cl2N3O4. The SMILES string of the molecule is CCOC(=O)c1n[nH]nc1-c1c(Cl)cc(C(=O)OC)cc1Cl. The fourth-order valence-electron chi connectivity index (χ4n) is 1.78. The summed E-state index contributed by atoms with van der Waals surface area (Å²) < 4.78 is 9.49. The molecule has 0 aliphatic carbocycles. The number of methoxy groups -OCH3 is 1. The Balaban J connectivity index is 2.53. The Morgan fingerprint density at radius 2 is 1.82 bits per heavy atom. The van der Waals surface area contributed by atoms with E-state index in [4.69, 9.17) is 27.9 Å². The number of esters is 2. The van der Waals surface area contributed by atoms with Crippen molar-refractivity contribution in [2.75, 3.05) is 13.7 Å². The summed E-state index contributed by atoms with van der Waals surface area (Å²) in [7, 11) is 1.24. The molecule has 0 saturated heterocycles. The van der Waals surface area contributed by atoms with E-state index in [0.29, 0.717) is 0 Å². The normalized spacial score (nSPS) is 10.4. The lowest BCUT2D eigenvalue weighted by Crippen LogP contribution is -2.07. The van der Waals surface area contributed by atoms with Crippen LogP contribution in [-0.4, -0.2) is 41.1 Å². The molecule has 1 N–H and O–H groups in total. The van der Waals surface area contributed by atoms with Crippen LogP contribution in [0, 0.1) is 0 Å². The van der Waals surface area contributed by atoms with E-state index in [0.717, 1.165) is 0 Å². The second kappa shape index (κ2) is 6.76. The van der Waals surface area contributed by atoms with Gasteiger partial charge in [-0.25, -0.2) is 9.59 Å². The van der Waals surface area contributed by atoms with Crippen molar-refractivity contribution >= 4 is 35.1 Å². The van der Waals surface area contributed by atoms with Crippen molar-refractivity contribution in [1.82, 2.24) is 15.4 Å². The molecule has 0 aliphatic heterocycles. The molecule has 0 amide bonds. The molecule has 0 bridgehead atoms. The predicted octanol–water partition coefficient (Wildman–Crippen LogP) is 2.74. The van der Waals surface area contributed by atoms with E-state index in [1.54, 1.807) is 6.92 Å². The number of rotatable bonds is 4. The van der Waals surface area contributed by atoms with E-state index in [9.17, 15) is 9.59 Å². The number of nitrogens with zero attached hydrogens (tertiary/aromatic N) is 2. The first-order chi connectivity index (χ1) is 10.5. The molecule has 2 aromatic rings. The van der Waals surface area contributed by atoms with E-state index in [2.05, 4.69) is 20.1 Å². The Kier molecular flexibility index (Phi) is 4.99. The molecule has 0 spiro atoms. The second-order valence-electron chi connectivity index (χ2n) is 4.05. The van der Waals surface area contributed by atoms with Crippen molar-refractivity contribution in [2.24, 2.45) is 0 Å². The molecule has 9 heteroatoms. The van der Waals surface area contributed by atoms with E-state index >= 15 is 0 Å². The van der Waals surface area contributed by atoms with Crippen molar-refractivity contribution in [3.8, 4) is 11.3 Å². The standard InChI is InChI=1S/C13H11Cl2N3O4/c1-3-22-13(20)11-10(16-18-17-11)9-7(14)4-6(5-8(9)15)12(19)21-2/h4-5H,3H2,1-2H3,(H,16,17,18). The predicted molar refractivity (Wildman–Crippen MR) is 79.1 cm³/mol. The van der Waals surface area contributed by atoms with Crippen molar-refractivity contribution in [3.63, 3.8) is 0 Å². The molecule has 0 atom stereocenters. The summed E-state index contributed by atoms with van der Waals surface area (Å²) in [6.45, 7) is 1.86. The lowest BCUT2D eigenvalue weighted by atomic mass is 10.1. The van der Waals surface area contributed by atoms with Gasteiger partial charge in [-0.3, -0.25) is 0 Å². The van der Waals surface area contributed by atoms with Gasteiger partial charge in [-0.2, -0.15) is 10.3 Å². The molecule has 1 heterocycles. The summed E-state index contributed by atoms with van der Waals surface area (Å²) >= 11 is 12.3. The summed E-state index contributed by atoms with van der Waals surface area (Å²) in [6.07, 6.45) is 0. The number of nitrogens with one attached hydrogen (secondary N) is 1. The van der Waals surface area contributed by atoms with Gasteiger partial charge in [0.05, 0.1) is 29.3 Å². The van der Waals surface area contributed by atoms with Crippen LogP contribution >= 0.6 is 23.2 Å². The van der Waals surface area contributed by atoms with Crippen LogP contribution in [0.2, 0.25) is 10.0 Å². The fourth-order valence-corrected chi connectivity index (χ4v) is 2.45. The quantitative estimate of drug-likeness (QED) is 0.857. The lowest BCUT2D eigenvalue weighted by molar-refractivity contribution is 0.0519. The molecule has 0 fully saturated rings. The van der Waals surface area contributed by atoms with Gasteiger partial charge in [0.2, 0.25) is 0 Å². The minimum Gasteiger partial charge on any atom is -0.465 e. The zero-order valence-corrected chi connectivity index (χ0v) is 13.2. The van der Waals surface area contributed by atoms with E-state index in [-0.39, 0.29) is 39.2 Å². The highest BCUT2D eigenvalue weighted by atomic mass is 35.5. The topological polar surface area (TPSA) is 94.2 Å². The number of halogens is 2. The van der Waals surface area contributed by atoms with Gasteiger partial charge >= 0.3 is 11.9 Å². The van der Waals surface area contributed by atoms with Crippen LogP contribution in [-0.2, 0) is 9.47 Å². The third-order valence-electron chi connectivity index (χ3n) is 2.72. The number of ether oxygens (including phenoxy) is 2. The molecule has 2 rings (SSSR count). The van der Waals surface area contributed by atoms with Crippen molar-refractivity contribution < 1.29 is 19.1 Å². The van der Waals surface area contributed by atoms with Gasteiger partial charge in [-0.15, -0.1) is 5.10 Å². The Labute approximate surface area is 135 Å². The minimum atomic E-state index is -0.657. The van der Waals surface area contributed by atoms with Crippen LogP contribution in [0.3, 0.4) is 0 Å². The highest BCUT2D eigenvalue weighted by molar-refractivity contribution is 6.39. The molecule has 0 aliphatic rings. The number of H-pyrrole nitrogens is 1. The average molecular weight is 344 g/mol. The molecule has 116 valence electrons. The largest absolute Gasteiger partial charge is 0.465 e. The highest BCUT2D eigenvalue weighted by Gasteiger charge is 2.24. The Morgan fingerprint density at radius 1 is 1.18 bits per heavy atom. The second-order valence-corrected chi connectivity index (χ2v) is 4.86. The molecule has 7 nitrogen and oxygen atoms in total. The van der Waals surface area contributed by atoms with Gasteiger partial charge in [-0.05, 0) is 19.1 Å². The molecule has 0 radical (unpaired) electrons. The summed E-state index contributed by atoms with van der Waals surface area (Å²) in [6, 6.07) is 2.75. The van der Waals surface area contributed by atoms with Crippen molar-refractivity contribution in [1.29, 1.82) is 0 Å². The number of carbonyl (C=O) groups excluding carboxylic acids is 2. The van der Waals surface area contributed by atoms with Gasteiger partial charge < -0.3 is 9.47 Å². The van der Waals surface area contributed by atoms with Crippen LogP contribution in [0.4, 0.5) is 0 Å². The lowest BCUT2D eigenvalue weighted by Gasteiger charge is -2.08. The number of aromatic nitrogens is 3. The number of carbonyl (C=O) groups is 2. The molecule has 22 heavy (non-hydrogen) atoms. The summed E-state index contributed by atoms with van der Waals surface area (Å²) in [5.41, 5.74) is 0.552. The zero-order valence-electron chi connectivity index (χ0n) is 11.6. The molecule has 1 aromatic heterocycles. The minimum absolute atomic E-state index is 0.0449. The maximum atomic E-state index is 11.8. The first kappa shape index (κ1) is 16.3. The molecule has 1 aromatic carbocycles. The van der Waals surface area contributed by atoms with Crippen LogP contribution in [0.5, 0.6) is 0 Å². The van der Waals surface area contributed by atoms with Crippen molar-refractivity contribution in [3.05, 3.63) is 33.4 Å². The zero-order chi connectivity index (χ0) is 16.3. The van der Waals surface area contributed by atoms with Gasteiger partial charge in [0, 0.05) is 5.56 Å². The molecule has 0 saturated carbocycles. The average Bonchev–Trinajstić information content (AvgIpc) is 2.95. The first-order valence-corrected chi connectivity index (χ1v) is 6.90. The van der Waals surface area contributed by atoms with Crippen LogP contribution in [0.1, 0.15) is 27.8 Å². The highest BCUT2D eigenvalue weighted by Crippen LogP contribution is 2.36. The number of benzene rings is 1. The van der Waals surface area contributed by atoms with E-state index < -0.39 is 11.9 Å². The number of hydrogen-bond donors (Lipinski definition) is 1. The smallest absolute Gasteiger partial charge is 0.361 e. The first-order valence-electron chi connectivity index (χ1n) is 6.15. The van der Waals surface area contributed by atoms with Gasteiger partial charge in [0.15, 0.2) is 5.69 Å². The van der Waals surface area contributed by atoms with Crippen molar-refractivity contribution in [2.45, 2.75) is 6.92 Å². The van der Waals surface area contributed by atoms with Crippen LogP contribution in [0.25, 0.3) is 11.3 Å². The van der Waals surface area contributed by atoms with Gasteiger partial charge in [0.25, 0.3) is 0 Å². The monoisotopic (exact) mass is 343 g/mol. The van der Waals surface area contributed by atoms with E-state index in [1.165, 1.54) is 19.2 Å². The van der Waals surface area contributed by atoms with E-state index in [1.807, 2.05) is 0 Å². The van der Waals surface area contributed by atoms with Crippen LogP contribution < -0.4 is 0 Å². The molecule has 0 unspecified atom stereocenters. The summed E-state index contributed by atoms with van der Waals surface area (Å²) in [4.78, 5) is 23.4. The maximum Gasteiger partial charge on any atom is 0.361 e. The van der Waals surface area contributed by atoms with Gasteiger partial charge in [0.1, 0.15) is 5.69 Å². The fraction of sp³-hybridized carbons (Fsp3) is 0.231. The van der Waals surface area contributed by atoms with Gasteiger partial charge in [-0.1, -0.05) is 23.2 Å². The molecular weight excluding hydrogens is 333 g/mol. The summed E-state index contributed by atoms with van der Waals surface area (Å²) in [5.74, 6) is -1.24. The third-order valence-corrected chi connectivity index (χ3v) is 3.31. The number of hydrogen-bond acceptors (Lipinski definition) is 6. The maximum absolute atomic E-state index is 11.8. The summed E-state index contributed by atoms with van der Waals surface area (Å²) in [5, 5.41) is 10.2. The Bertz CT molecular complexity index is 707.